The van der Waals surface area contributed by atoms with E-state index in [0.717, 1.165) is 51.5 Å². The van der Waals surface area contributed by atoms with Gasteiger partial charge in [-0.05, 0) is 58.6 Å². The first-order chi connectivity index (χ1) is 14.4. The third kappa shape index (κ3) is 7.98. The van der Waals surface area contributed by atoms with Gasteiger partial charge in [-0.2, -0.15) is 0 Å². The van der Waals surface area contributed by atoms with Gasteiger partial charge in [0.2, 0.25) is 5.91 Å². The molecule has 1 amide bonds. The zero-order chi connectivity index (χ0) is 21.9. The molecule has 0 radical (unpaired) electrons. The fraction of sp³-hybridized carbons (Fsp3) is 0.667. The van der Waals surface area contributed by atoms with Crippen molar-refractivity contribution in [1.29, 1.82) is 0 Å². The Bertz CT molecular complexity index is 661. The lowest BCUT2D eigenvalue weighted by Gasteiger charge is -2.30. The Morgan fingerprint density at radius 3 is 2.33 bits per heavy atom. The molecule has 2 N–H and O–H groups in total. The molecule has 1 aliphatic heterocycles. The fourth-order valence-electron chi connectivity index (χ4n) is 3.93. The largest absolute Gasteiger partial charge is 0.357 e. The van der Waals surface area contributed by atoms with E-state index in [1.54, 1.807) is 0 Å². The summed E-state index contributed by atoms with van der Waals surface area (Å²) >= 11 is 0. The molecule has 1 aromatic rings. The van der Waals surface area contributed by atoms with Crippen LogP contribution in [0.5, 0.6) is 0 Å². The molecule has 1 heterocycles. The summed E-state index contributed by atoms with van der Waals surface area (Å²) in [5.41, 5.74) is 2.36. The SMILES string of the molecule is CCNC(=NCc1ccc(CN2CCCC2=O)cc1)NCCCN(C(C)C)C(C)C. The van der Waals surface area contributed by atoms with Crippen molar-refractivity contribution in [3.05, 3.63) is 35.4 Å². The first kappa shape index (κ1) is 24.2. The quantitative estimate of drug-likeness (QED) is 0.330. The van der Waals surface area contributed by atoms with Crippen LogP contribution in [0.15, 0.2) is 29.3 Å². The summed E-state index contributed by atoms with van der Waals surface area (Å²) < 4.78 is 0. The van der Waals surface area contributed by atoms with Gasteiger partial charge in [-0.3, -0.25) is 9.69 Å². The van der Waals surface area contributed by atoms with Crippen LogP contribution < -0.4 is 10.6 Å². The van der Waals surface area contributed by atoms with E-state index >= 15 is 0 Å². The number of benzene rings is 1. The van der Waals surface area contributed by atoms with Gasteiger partial charge in [0.05, 0.1) is 6.54 Å². The summed E-state index contributed by atoms with van der Waals surface area (Å²) in [6.45, 7) is 16.2. The van der Waals surface area contributed by atoms with Gasteiger partial charge in [0.25, 0.3) is 0 Å². The highest BCUT2D eigenvalue weighted by Gasteiger charge is 2.19. The molecule has 0 aromatic heterocycles. The topological polar surface area (TPSA) is 60.0 Å². The third-order valence-electron chi connectivity index (χ3n) is 5.54. The van der Waals surface area contributed by atoms with Crippen LogP contribution in [0.1, 0.15) is 65.0 Å². The highest BCUT2D eigenvalue weighted by atomic mass is 16.2. The van der Waals surface area contributed by atoms with E-state index in [0.29, 0.717) is 25.0 Å². The maximum atomic E-state index is 11.8. The zero-order valence-electron chi connectivity index (χ0n) is 19.6. The highest BCUT2D eigenvalue weighted by molar-refractivity contribution is 5.79. The average molecular weight is 416 g/mol. The van der Waals surface area contributed by atoms with Crippen molar-refractivity contribution in [3.63, 3.8) is 0 Å². The average Bonchev–Trinajstić information content (AvgIpc) is 3.10. The molecule has 1 aliphatic rings. The van der Waals surface area contributed by atoms with Gasteiger partial charge >= 0.3 is 0 Å². The molecular formula is C24H41N5O. The van der Waals surface area contributed by atoms with Gasteiger partial charge in [-0.25, -0.2) is 4.99 Å². The molecule has 0 unspecified atom stereocenters. The Balaban J connectivity index is 1.81. The summed E-state index contributed by atoms with van der Waals surface area (Å²) in [5, 5.41) is 6.79. The Morgan fingerprint density at radius 1 is 1.10 bits per heavy atom. The van der Waals surface area contributed by atoms with Crippen LogP contribution in [-0.2, 0) is 17.9 Å². The molecule has 6 nitrogen and oxygen atoms in total. The van der Waals surface area contributed by atoms with Gasteiger partial charge in [0.1, 0.15) is 0 Å². The van der Waals surface area contributed by atoms with E-state index < -0.39 is 0 Å². The van der Waals surface area contributed by atoms with E-state index in [4.69, 9.17) is 4.99 Å². The van der Waals surface area contributed by atoms with Crippen LogP contribution in [-0.4, -0.2) is 59.9 Å². The molecule has 1 saturated heterocycles. The van der Waals surface area contributed by atoms with Crippen molar-refractivity contribution in [1.82, 2.24) is 20.4 Å². The normalized spacial score (nSPS) is 15.0. The number of rotatable bonds is 11. The van der Waals surface area contributed by atoms with E-state index in [9.17, 15) is 4.79 Å². The number of nitrogens with zero attached hydrogens (tertiary/aromatic N) is 3. The van der Waals surface area contributed by atoms with Crippen molar-refractivity contribution >= 4 is 11.9 Å². The lowest BCUT2D eigenvalue weighted by Crippen LogP contribution is -2.41. The Morgan fingerprint density at radius 2 is 1.77 bits per heavy atom. The molecule has 0 atom stereocenters. The second-order valence-corrected chi connectivity index (χ2v) is 8.64. The second-order valence-electron chi connectivity index (χ2n) is 8.64. The number of likely N-dealkylation sites (tertiary alicyclic amines) is 1. The Kier molecular flexibility index (Phi) is 10.1. The number of hydrogen-bond donors (Lipinski definition) is 2. The standard InChI is InChI=1S/C24H41N5O/c1-6-25-24(26-14-8-16-29(19(2)3)20(4)5)27-17-21-10-12-22(13-11-21)18-28-15-7-9-23(28)30/h10-13,19-20H,6-9,14-18H2,1-5H3,(H2,25,26,27). The van der Waals surface area contributed by atoms with Crippen molar-refractivity contribution in [2.45, 2.75) is 79.1 Å². The zero-order valence-corrected chi connectivity index (χ0v) is 19.6. The summed E-state index contributed by atoms with van der Waals surface area (Å²) in [6.07, 6.45) is 2.77. The molecule has 30 heavy (non-hydrogen) atoms. The van der Waals surface area contributed by atoms with Crippen LogP contribution in [0.3, 0.4) is 0 Å². The summed E-state index contributed by atoms with van der Waals surface area (Å²) in [6, 6.07) is 9.60. The number of guanidine groups is 1. The van der Waals surface area contributed by atoms with Crippen molar-refractivity contribution in [2.75, 3.05) is 26.2 Å². The van der Waals surface area contributed by atoms with Crippen LogP contribution in [0, 0.1) is 0 Å². The Labute approximate surface area is 183 Å². The maximum absolute atomic E-state index is 11.8. The van der Waals surface area contributed by atoms with Crippen molar-refractivity contribution in [3.8, 4) is 0 Å². The summed E-state index contributed by atoms with van der Waals surface area (Å²) in [5.74, 6) is 1.14. The Hall–Kier alpha value is -2.08. The van der Waals surface area contributed by atoms with E-state index in [1.165, 1.54) is 11.1 Å². The predicted octanol–water partition coefficient (Wildman–Crippen LogP) is 3.37. The van der Waals surface area contributed by atoms with Gasteiger partial charge in [-0.1, -0.05) is 24.3 Å². The predicted molar refractivity (Wildman–Crippen MR) is 126 cm³/mol. The molecular weight excluding hydrogens is 374 g/mol. The van der Waals surface area contributed by atoms with E-state index in [1.807, 2.05) is 4.90 Å². The minimum Gasteiger partial charge on any atom is -0.357 e. The summed E-state index contributed by atoms with van der Waals surface area (Å²) in [7, 11) is 0. The minimum atomic E-state index is 0.273. The summed E-state index contributed by atoms with van der Waals surface area (Å²) in [4.78, 5) is 21.0. The van der Waals surface area contributed by atoms with Crippen LogP contribution >= 0.6 is 0 Å². The lowest BCUT2D eigenvalue weighted by atomic mass is 10.1. The van der Waals surface area contributed by atoms with Gasteiger partial charge in [0.15, 0.2) is 5.96 Å². The lowest BCUT2D eigenvalue weighted by molar-refractivity contribution is -0.128. The number of amides is 1. The van der Waals surface area contributed by atoms with Crippen LogP contribution in [0.25, 0.3) is 0 Å². The third-order valence-corrected chi connectivity index (χ3v) is 5.54. The van der Waals surface area contributed by atoms with Crippen LogP contribution in [0.4, 0.5) is 0 Å². The highest BCUT2D eigenvalue weighted by Crippen LogP contribution is 2.15. The molecule has 0 aliphatic carbocycles. The molecule has 2 rings (SSSR count). The smallest absolute Gasteiger partial charge is 0.222 e. The molecule has 0 saturated carbocycles. The number of carbonyl (C=O) groups excluding carboxylic acids is 1. The minimum absolute atomic E-state index is 0.273. The first-order valence-corrected chi connectivity index (χ1v) is 11.5. The van der Waals surface area contributed by atoms with Gasteiger partial charge in [-0.15, -0.1) is 0 Å². The first-order valence-electron chi connectivity index (χ1n) is 11.5. The van der Waals surface area contributed by atoms with Crippen molar-refractivity contribution < 1.29 is 4.79 Å². The molecule has 0 bridgehead atoms. The maximum Gasteiger partial charge on any atom is 0.222 e. The van der Waals surface area contributed by atoms with Crippen molar-refractivity contribution in [2.24, 2.45) is 4.99 Å². The number of hydrogen-bond acceptors (Lipinski definition) is 3. The van der Waals surface area contributed by atoms with Crippen LogP contribution in [0.2, 0.25) is 0 Å². The monoisotopic (exact) mass is 415 g/mol. The van der Waals surface area contributed by atoms with E-state index in [2.05, 4.69) is 74.4 Å². The van der Waals surface area contributed by atoms with Gasteiger partial charge in [0, 0.05) is 51.2 Å². The van der Waals surface area contributed by atoms with E-state index in [-0.39, 0.29) is 5.91 Å². The number of nitrogens with one attached hydrogen (secondary N) is 2. The number of carbonyl (C=O) groups is 1. The van der Waals surface area contributed by atoms with Gasteiger partial charge < -0.3 is 15.5 Å². The number of aliphatic imine (C=N–C) groups is 1. The molecule has 1 aromatic carbocycles. The molecule has 1 fully saturated rings. The second kappa shape index (κ2) is 12.6. The molecule has 6 heteroatoms. The molecule has 0 spiro atoms. The fourth-order valence-corrected chi connectivity index (χ4v) is 3.93. The molecule has 168 valence electrons.